The lowest BCUT2D eigenvalue weighted by Crippen LogP contribution is -2.17. The molecule has 0 radical (unpaired) electrons. The molecule has 4 heteroatoms. The van der Waals surface area contributed by atoms with Crippen LogP contribution < -0.4 is 5.32 Å². The molecule has 166 valence electrons. The van der Waals surface area contributed by atoms with E-state index in [-0.39, 0.29) is 18.1 Å². The Kier molecular flexibility index (Phi) is 9.41. The normalized spacial score (nSPS) is 28.3. The highest BCUT2D eigenvalue weighted by atomic mass is 16.3. The molecule has 3 N–H and O–H groups in total. The predicted molar refractivity (Wildman–Crippen MR) is 124 cm³/mol. The molecule has 1 heterocycles. The number of allylic oxidation sites excluding steroid dienone is 2. The average molecular weight is 413 g/mol. The highest BCUT2D eigenvalue weighted by Crippen LogP contribution is 2.50. The Labute approximate surface area is 182 Å². The van der Waals surface area contributed by atoms with Crippen molar-refractivity contribution in [3.8, 4) is 0 Å². The number of unbranched alkanes of at least 4 members (excludes halogenated alkanes) is 4. The van der Waals surface area contributed by atoms with Crippen molar-refractivity contribution in [3.05, 3.63) is 48.2 Å². The van der Waals surface area contributed by atoms with Gasteiger partial charge in [-0.05, 0) is 68.9 Å². The minimum absolute atomic E-state index is 0.212. The number of hydrogen-bond donors (Lipinski definition) is 3. The highest BCUT2D eigenvalue weighted by Gasteiger charge is 2.44. The molecular weight excluding hydrogens is 372 g/mol. The van der Waals surface area contributed by atoms with Crippen molar-refractivity contribution in [2.24, 2.45) is 17.8 Å². The molecule has 1 aromatic rings. The summed E-state index contributed by atoms with van der Waals surface area (Å²) >= 11 is 0. The number of anilines is 1. The van der Waals surface area contributed by atoms with Crippen LogP contribution >= 0.6 is 0 Å². The van der Waals surface area contributed by atoms with Crippen molar-refractivity contribution >= 4 is 5.82 Å². The monoisotopic (exact) mass is 412 g/mol. The number of rotatable bonds is 12. The van der Waals surface area contributed by atoms with Gasteiger partial charge < -0.3 is 15.5 Å². The van der Waals surface area contributed by atoms with E-state index in [2.05, 4.69) is 29.4 Å². The molecular formula is C26H40N2O2. The van der Waals surface area contributed by atoms with E-state index in [4.69, 9.17) is 0 Å². The first-order chi connectivity index (χ1) is 14.7. The first-order valence-electron chi connectivity index (χ1n) is 12.0. The maximum Gasteiger partial charge on any atom is 0.125 e. The SMILES string of the molecule is CCCCC[C@H](O)/C=C/[C@@H]1[C@H]2C/C(=C/CCCCNc3ccccn3)C[C@H]2C[C@H]1O. The number of nitrogens with one attached hydrogen (secondary N) is 1. The van der Waals surface area contributed by atoms with E-state index in [0.717, 1.165) is 57.3 Å². The molecule has 0 aliphatic heterocycles. The second kappa shape index (κ2) is 12.3. The summed E-state index contributed by atoms with van der Waals surface area (Å²) in [5, 5.41) is 24.1. The van der Waals surface area contributed by atoms with Gasteiger partial charge in [-0.25, -0.2) is 4.98 Å². The number of hydrogen-bond acceptors (Lipinski definition) is 4. The summed E-state index contributed by atoms with van der Waals surface area (Å²) in [4.78, 5) is 4.28. The standard InChI is InChI=1S/C26H40N2O2/c1-2-3-5-11-22(29)13-14-23-24-18-20(17-21(24)19-25(23)30)10-6-4-8-15-27-26-12-7-9-16-28-26/h7,9-10,12-14,16,21-25,29-30H,2-6,8,11,15,17-19H2,1H3,(H,27,28)/b14-13+,20-10+/t21-,22-,23+,24-,25+/m0/s1. The molecule has 0 unspecified atom stereocenters. The number of aromatic nitrogens is 1. The van der Waals surface area contributed by atoms with Crippen molar-refractivity contribution in [3.63, 3.8) is 0 Å². The molecule has 30 heavy (non-hydrogen) atoms. The lowest BCUT2D eigenvalue weighted by molar-refractivity contribution is 0.139. The average Bonchev–Trinajstić information content (AvgIpc) is 3.26. The third kappa shape index (κ3) is 6.95. The summed E-state index contributed by atoms with van der Waals surface area (Å²) in [6, 6.07) is 5.94. The Morgan fingerprint density at radius 2 is 2.10 bits per heavy atom. The Morgan fingerprint density at radius 1 is 1.20 bits per heavy atom. The van der Waals surface area contributed by atoms with Gasteiger partial charge in [-0.1, -0.05) is 56.1 Å². The molecule has 2 fully saturated rings. The fourth-order valence-electron chi connectivity index (χ4n) is 5.16. The molecule has 1 aromatic heterocycles. The summed E-state index contributed by atoms with van der Waals surface area (Å²) in [5.41, 5.74) is 1.58. The third-order valence-electron chi connectivity index (χ3n) is 6.80. The van der Waals surface area contributed by atoms with Crippen LogP contribution in [0.25, 0.3) is 0 Å². The van der Waals surface area contributed by atoms with Gasteiger partial charge in [0.05, 0.1) is 12.2 Å². The van der Waals surface area contributed by atoms with Gasteiger partial charge in [-0.2, -0.15) is 0 Å². The van der Waals surface area contributed by atoms with Gasteiger partial charge in [0.2, 0.25) is 0 Å². The molecule has 2 aliphatic rings. The van der Waals surface area contributed by atoms with Gasteiger partial charge in [-0.3, -0.25) is 0 Å². The summed E-state index contributed by atoms with van der Waals surface area (Å²) < 4.78 is 0. The van der Waals surface area contributed by atoms with Crippen LogP contribution in [0.5, 0.6) is 0 Å². The molecule has 5 atom stereocenters. The molecule has 0 spiro atoms. The zero-order valence-corrected chi connectivity index (χ0v) is 18.5. The molecule has 3 rings (SSSR count). The minimum atomic E-state index is -0.362. The molecule has 2 saturated carbocycles. The quantitative estimate of drug-likeness (QED) is 0.313. The van der Waals surface area contributed by atoms with Gasteiger partial charge in [0.25, 0.3) is 0 Å². The first kappa shape index (κ1) is 23.0. The van der Waals surface area contributed by atoms with Crippen molar-refractivity contribution in [1.82, 2.24) is 4.98 Å². The molecule has 0 saturated heterocycles. The van der Waals surface area contributed by atoms with Gasteiger partial charge >= 0.3 is 0 Å². The Bertz CT molecular complexity index is 673. The number of fused-ring (bicyclic) bond motifs is 1. The second-order valence-corrected chi connectivity index (χ2v) is 9.16. The van der Waals surface area contributed by atoms with Crippen LogP contribution in [0.2, 0.25) is 0 Å². The number of aliphatic hydroxyl groups excluding tert-OH is 2. The van der Waals surface area contributed by atoms with Gasteiger partial charge in [0, 0.05) is 18.7 Å². The maximum absolute atomic E-state index is 10.5. The van der Waals surface area contributed by atoms with E-state index in [1.54, 1.807) is 5.57 Å². The topological polar surface area (TPSA) is 65.4 Å². The fraction of sp³-hybridized carbons (Fsp3) is 0.654. The van der Waals surface area contributed by atoms with Crippen LogP contribution in [-0.4, -0.2) is 33.9 Å². The number of nitrogens with zero attached hydrogens (tertiary/aromatic N) is 1. The Hall–Kier alpha value is -1.65. The predicted octanol–water partition coefficient (Wildman–Crippen LogP) is 5.49. The van der Waals surface area contributed by atoms with E-state index in [9.17, 15) is 10.2 Å². The molecule has 4 nitrogen and oxygen atoms in total. The number of aliphatic hydroxyl groups is 2. The lowest BCUT2D eigenvalue weighted by atomic mass is 9.90. The van der Waals surface area contributed by atoms with Crippen LogP contribution in [-0.2, 0) is 0 Å². The first-order valence-corrected chi connectivity index (χ1v) is 12.0. The van der Waals surface area contributed by atoms with E-state index in [1.807, 2.05) is 30.5 Å². The van der Waals surface area contributed by atoms with E-state index in [1.165, 1.54) is 19.3 Å². The maximum atomic E-state index is 10.5. The smallest absolute Gasteiger partial charge is 0.125 e. The summed E-state index contributed by atoms with van der Waals surface area (Å²) in [7, 11) is 0. The zero-order chi connectivity index (χ0) is 21.2. The Morgan fingerprint density at radius 3 is 2.90 bits per heavy atom. The van der Waals surface area contributed by atoms with E-state index < -0.39 is 0 Å². The van der Waals surface area contributed by atoms with Gasteiger partial charge in [0.1, 0.15) is 5.82 Å². The van der Waals surface area contributed by atoms with Crippen LogP contribution in [0.4, 0.5) is 5.82 Å². The van der Waals surface area contributed by atoms with E-state index >= 15 is 0 Å². The third-order valence-corrected chi connectivity index (χ3v) is 6.80. The highest BCUT2D eigenvalue weighted by molar-refractivity contribution is 5.32. The molecule has 0 amide bonds. The van der Waals surface area contributed by atoms with Crippen LogP contribution in [0, 0.1) is 17.8 Å². The molecule has 0 bridgehead atoms. The number of pyridine rings is 1. The van der Waals surface area contributed by atoms with Crippen LogP contribution in [0.15, 0.2) is 48.2 Å². The van der Waals surface area contributed by atoms with Gasteiger partial charge in [0.15, 0.2) is 0 Å². The summed E-state index contributed by atoms with van der Waals surface area (Å²) in [6.07, 6.45) is 18.7. The van der Waals surface area contributed by atoms with Crippen LogP contribution in [0.1, 0.15) is 71.1 Å². The van der Waals surface area contributed by atoms with E-state index in [0.29, 0.717) is 11.8 Å². The van der Waals surface area contributed by atoms with Crippen LogP contribution in [0.3, 0.4) is 0 Å². The van der Waals surface area contributed by atoms with Crippen molar-refractivity contribution < 1.29 is 10.2 Å². The van der Waals surface area contributed by atoms with Crippen molar-refractivity contribution in [1.29, 1.82) is 0 Å². The largest absolute Gasteiger partial charge is 0.392 e. The fourth-order valence-corrected chi connectivity index (χ4v) is 5.16. The summed E-state index contributed by atoms with van der Waals surface area (Å²) in [6.45, 7) is 3.15. The van der Waals surface area contributed by atoms with Crippen molar-refractivity contribution in [2.75, 3.05) is 11.9 Å². The molecule has 0 aromatic carbocycles. The molecule has 2 aliphatic carbocycles. The summed E-state index contributed by atoms with van der Waals surface area (Å²) in [5.74, 6) is 2.33. The van der Waals surface area contributed by atoms with Gasteiger partial charge in [-0.15, -0.1) is 0 Å². The second-order valence-electron chi connectivity index (χ2n) is 9.16. The zero-order valence-electron chi connectivity index (χ0n) is 18.5. The minimum Gasteiger partial charge on any atom is -0.392 e. The Balaban J connectivity index is 1.37. The van der Waals surface area contributed by atoms with Crippen molar-refractivity contribution in [2.45, 2.75) is 83.3 Å². The lowest BCUT2D eigenvalue weighted by Gasteiger charge is -2.17.